The Morgan fingerprint density at radius 1 is 0.712 bits per heavy atom. The van der Waals surface area contributed by atoms with Gasteiger partial charge in [-0.25, -0.2) is 4.18 Å². The second-order valence-corrected chi connectivity index (χ2v) is 14.9. The summed E-state index contributed by atoms with van der Waals surface area (Å²) in [5.74, 6) is -0.412. The van der Waals surface area contributed by atoms with Crippen LogP contribution in [0.15, 0.2) is 24.3 Å². The van der Waals surface area contributed by atoms with Crippen molar-refractivity contribution in [3.8, 4) is 0 Å². The van der Waals surface area contributed by atoms with Gasteiger partial charge in [0.15, 0.2) is 6.29 Å². The highest BCUT2D eigenvalue weighted by molar-refractivity contribution is 7.80. The summed E-state index contributed by atoms with van der Waals surface area (Å²) < 4.78 is 58.8. The second kappa shape index (κ2) is 31.9. The lowest BCUT2D eigenvalue weighted by Crippen LogP contribution is -2.60. The summed E-state index contributed by atoms with van der Waals surface area (Å²) in [5.41, 5.74) is 0. The van der Waals surface area contributed by atoms with Crippen molar-refractivity contribution < 1.29 is 56.2 Å². The van der Waals surface area contributed by atoms with Crippen LogP contribution >= 0.6 is 0 Å². The van der Waals surface area contributed by atoms with E-state index in [9.17, 15) is 28.5 Å². The monoisotopic (exact) mass is 764 g/mol. The molecule has 4 N–H and O–H groups in total. The number of unbranched alkanes of at least 4 members (excludes halogenated alkanes) is 17. The van der Waals surface area contributed by atoms with Crippen LogP contribution in [-0.4, -0.2) is 97.5 Å². The zero-order chi connectivity index (χ0) is 38.3. The number of carbonyl (C=O) groups is 1. The SMILES string of the molecule is CCC/C=C\CCCCCCCCOCC(COC1OC(CO)C(O)C(OS(=O)(=O)O)C1O)OC(=O)CCCCCCC/C=C\CCCCCCC. The van der Waals surface area contributed by atoms with Crippen LogP contribution in [-0.2, 0) is 38.3 Å². The molecule has 0 saturated carbocycles. The Balaban J connectivity index is 2.50. The summed E-state index contributed by atoms with van der Waals surface area (Å²) in [6, 6.07) is 0. The van der Waals surface area contributed by atoms with E-state index in [1.165, 1.54) is 57.8 Å². The summed E-state index contributed by atoms with van der Waals surface area (Å²) in [4.78, 5) is 12.8. The summed E-state index contributed by atoms with van der Waals surface area (Å²) >= 11 is 0. The molecule has 1 fully saturated rings. The van der Waals surface area contributed by atoms with E-state index >= 15 is 0 Å². The fraction of sp³-hybridized carbons (Fsp3) is 0.872. The van der Waals surface area contributed by atoms with Gasteiger partial charge in [0.25, 0.3) is 0 Å². The highest BCUT2D eigenvalue weighted by atomic mass is 32.3. The normalized spacial score (nSPS) is 21.7. The van der Waals surface area contributed by atoms with Crippen molar-refractivity contribution in [3.05, 3.63) is 24.3 Å². The first-order chi connectivity index (χ1) is 25.1. The van der Waals surface area contributed by atoms with E-state index in [2.05, 4.69) is 42.3 Å². The van der Waals surface area contributed by atoms with E-state index < -0.39 is 59.8 Å². The molecule has 1 aliphatic heterocycles. The van der Waals surface area contributed by atoms with Crippen LogP contribution in [0.5, 0.6) is 0 Å². The number of hydrogen-bond donors (Lipinski definition) is 4. The minimum atomic E-state index is -5.06. The number of carbonyl (C=O) groups excluding carboxylic acids is 1. The molecule has 0 bridgehead atoms. The molecule has 12 nitrogen and oxygen atoms in total. The van der Waals surface area contributed by atoms with Crippen molar-refractivity contribution in [2.75, 3.05) is 26.4 Å². The van der Waals surface area contributed by atoms with Gasteiger partial charge in [0, 0.05) is 13.0 Å². The van der Waals surface area contributed by atoms with Crippen LogP contribution in [0.25, 0.3) is 0 Å². The molecular weight excluding hydrogens is 692 g/mol. The largest absolute Gasteiger partial charge is 0.457 e. The summed E-state index contributed by atoms with van der Waals surface area (Å²) in [7, 11) is -5.06. The summed E-state index contributed by atoms with van der Waals surface area (Å²) in [5, 5.41) is 30.5. The minimum absolute atomic E-state index is 0.0297. The van der Waals surface area contributed by atoms with E-state index in [-0.39, 0.29) is 19.6 Å². The maximum absolute atomic E-state index is 12.8. The third-order valence-electron chi connectivity index (χ3n) is 9.03. The first-order valence-corrected chi connectivity index (χ1v) is 21.5. The molecule has 306 valence electrons. The molecule has 0 aromatic heterocycles. The number of aliphatic hydroxyl groups is 3. The first-order valence-electron chi connectivity index (χ1n) is 20.1. The Morgan fingerprint density at radius 2 is 1.25 bits per heavy atom. The molecule has 0 aromatic rings. The molecule has 1 heterocycles. The zero-order valence-corrected chi connectivity index (χ0v) is 32.9. The molecule has 6 atom stereocenters. The molecule has 0 amide bonds. The predicted molar refractivity (Wildman–Crippen MR) is 202 cm³/mol. The van der Waals surface area contributed by atoms with Gasteiger partial charge in [-0.2, -0.15) is 8.42 Å². The third kappa shape index (κ3) is 25.6. The van der Waals surface area contributed by atoms with Crippen molar-refractivity contribution in [2.24, 2.45) is 0 Å². The molecule has 1 rings (SSSR count). The zero-order valence-electron chi connectivity index (χ0n) is 32.1. The van der Waals surface area contributed by atoms with Crippen LogP contribution in [0.2, 0.25) is 0 Å². The van der Waals surface area contributed by atoms with E-state index in [0.29, 0.717) is 13.0 Å². The Kier molecular flexibility index (Phi) is 29.8. The fourth-order valence-electron chi connectivity index (χ4n) is 5.96. The number of rotatable bonds is 34. The number of hydrogen-bond acceptors (Lipinski definition) is 11. The van der Waals surface area contributed by atoms with Crippen molar-refractivity contribution in [2.45, 2.75) is 192 Å². The average Bonchev–Trinajstić information content (AvgIpc) is 3.11. The third-order valence-corrected chi connectivity index (χ3v) is 9.49. The lowest BCUT2D eigenvalue weighted by atomic mass is 9.99. The van der Waals surface area contributed by atoms with Gasteiger partial charge in [-0.15, -0.1) is 0 Å². The van der Waals surface area contributed by atoms with Gasteiger partial charge < -0.3 is 34.3 Å². The highest BCUT2D eigenvalue weighted by Gasteiger charge is 2.48. The smallest absolute Gasteiger partial charge is 0.397 e. The number of allylic oxidation sites excluding steroid dienone is 4. The van der Waals surface area contributed by atoms with Gasteiger partial charge in [-0.1, -0.05) is 115 Å². The van der Waals surface area contributed by atoms with E-state index in [1.54, 1.807) is 0 Å². The fourth-order valence-corrected chi connectivity index (χ4v) is 6.47. The second-order valence-electron chi connectivity index (χ2n) is 13.9. The summed E-state index contributed by atoms with van der Waals surface area (Å²) in [6.07, 6.45) is 23.6. The summed E-state index contributed by atoms with van der Waals surface area (Å²) in [6.45, 7) is 3.88. The Labute approximate surface area is 314 Å². The molecule has 1 saturated heterocycles. The highest BCUT2D eigenvalue weighted by Crippen LogP contribution is 2.26. The van der Waals surface area contributed by atoms with Gasteiger partial charge in [-0.3, -0.25) is 9.35 Å². The van der Waals surface area contributed by atoms with Crippen LogP contribution in [0.4, 0.5) is 0 Å². The minimum Gasteiger partial charge on any atom is -0.457 e. The standard InChI is InChI=1S/C39H72O12S/c1-3-5-7-9-11-13-15-16-17-18-20-22-24-26-28-35(41)49-33(31-47-29-27-25-23-21-19-14-12-10-8-6-4-2)32-48-39-37(43)38(51-52(44,45)46)36(42)34(30-40)50-39/h8,10,15-16,33-34,36-40,42-43H,3-7,9,11-14,17-32H2,1-2H3,(H,44,45,46)/b10-8-,16-15-. The molecule has 6 unspecified atom stereocenters. The maximum Gasteiger partial charge on any atom is 0.397 e. The van der Waals surface area contributed by atoms with E-state index in [0.717, 1.165) is 70.6 Å². The van der Waals surface area contributed by atoms with Crippen molar-refractivity contribution in [1.29, 1.82) is 0 Å². The number of ether oxygens (including phenoxy) is 4. The molecule has 0 aromatic carbocycles. The van der Waals surface area contributed by atoms with E-state index in [1.807, 2.05) is 0 Å². The predicted octanol–water partition coefficient (Wildman–Crippen LogP) is 7.29. The molecule has 13 heteroatoms. The number of aliphatic hydroxyl groups excluding tert-OH is 3. The van der Waals surface area contributed by atoms with Crippen LogP contribution in [0, 0.1) is 0 Å². The van der Waals surface area contributed by atoms with Crippen molar-refractivity contribution in [3.63, 3.8) is 0 Å². The van der Waals surface area contributed by atoms with Crippen LogP contribution < -0.4 is 0 Å². The molecule has 0 aliphatic carbocycles. The first kappa shape index (κ1) is 48.6. The van der Waals surface area contributed by atoms with Gasteiger partial charge in [0.1, 0.15) is 30.5 Å². The molecule has 52 heavy (non-hydrogen) atoms. The van der Waals surface area contributed by atoms with Gasteiger partial charge in [0.05, 0.1) is 19.8 Å². The molecule has 1 aliphatic rings. The molecule has 0 spiro atoms. The Morgan fingerprint density at radius 3 is 1.81 bits per heavy atom. The molecule has 0 radical (unpaired) electrons. The van der Waals surface area contributed by atoms with Crippen molar-refractivity contribution >= 4 is 16.4 Å². The lowest BCUT2D eigenvalue weighted by molar-refractivity contribution is -0.301. The van der Waals surface area contributed by atoms with Crippen LogP contribution in [0.1, 0.15) is 155 Å². The Hall–Kier alpha value is -1.42. The van der Waals surface area contributed by atoms with E-state index in [4.69, 9.17) is 23.5 Å². The maximum atomic E-state index is 12.8. The van der Waals surface area contributed by atoms with Gasteiger partial charge in [0.2, 0.25) is 0 Å². The molecular formula is C39H72O12S. The topological polar surface area (TPSA) is 178 Å². The van der Waals surface area contributed by atoms with Gasteiger partial charge >= 0.3 is 16.4 Å². The quantitative estimate of drug-likeness (QED) is 0.0223. The van der Waals surface area contributed by atoms with Crippen molar-refractivity contribution in [1.82, 2.24) is 0 Å². The number of esters is 1. The average molecular weight is 765 g/mol. The van der Waals surface area contributed by atoms with Gasteiger partial charge in [-0.05, 0) is 57.8 Å². The lowest BCUT2D eigenvalue weighted by Gasteiger charge is -2.41. The Bertz CT molecular complexity index is 1020. The van der Waals surface area contributed by atoms with Crippen LogP contribution in [0.3, 0.4) is 0 Å².